The molecule has 6 heteroatoms. The molecule has 1 aliphatic carbocycles. The summed E-state index contributed by atoms with van der Waals surface area (Å²) in [6, 6.07) is 2.91. The molecule has 3 N–H and O–H groups in total. The van der Waals surface area contributed by atoms with Gasteiger partial charge in [0.2, 0.25) is 10.0 Å². The average Bonchev–Trinajstić information content (AvgIpc) is 2.34. The zero-order valence-corrected chi connectivity index (χ0v) is 13.4. The number of halogens is 1. The predicted molar refractivity (Wildman–Crippen MR) is 82.4 cm³/mol. The molecule has 0 aromatic heterocycles. The summed E-state index contributed by atoms with van der Waals surface area (Å²) in [7, 11) is -3.56. The number of nitrogens with one attached hydrogen (secondary N) is 1. The Morgan fingerprint density at radius 2 is 2.05 bits per heavy atom. The first kappa shape index (κ1) is 15.6. The van der Waals surface area contributed by atoms with Crippen molar-refractivity contribution in [2.24, 2.45) is 5.41 Å². The molecule has 0 bridgehead atoms. The predicted octanol–water partition coefficient (Wildman–Crippen LogP) is 3.09. The number of rotatable bonds is 5. The standard InChI is InChI=1S/C14H21ClN2O2S/c1-3-14(5-4-6-14)9-17-20(18,19)11-7-12(15)10(2)13(16)8-11/h7-8,17H,3-6,9,16H2,1-2H3. The molecule has 1 fully saturated rings. The lowest BCUT2D eigenvalue weighted by Gasteiger charge is -2.41. The molecule has 0 spiro atoms. The highest BCUT2D eigenvalue weighted by molar-refractivity contribution is 7.89. The van der Waals surface area contributed by atoms with Gasteiger partial charge in [0.1, 0.15) is 0 Å². The number of benzene rings is 1. The summed E-state index contributed by atoms with van der Waals surface area (Å²) in [5.41, 5.74) is 7.02. The Balaban J connectivity index is 2.18. The van der Waals surface area contributed by atoms with Crippen LogP contribution in [0.1, 0.15) is 38.2 Å². The van der Waals surface area contributed by atoms with Crippen molar-refractivity contribution in [3.05, 3.63) is 22.7 Å². The highest BCUT2D eigenvalue weighted by Gasteiger charge is 2.36. The molecule has 0 aliphatic heterocycles. The number of hydrogen-bond donors (Lipinski definition) is 2. The monoisotopic (exact) mass is 316 g/mol. The van der Waals surface area contributed by atoms with E-state index in [9.17, 15) is 8.42 Å². The van der Waals surface area contributed by atoms with Crippen molar-refractivity contribution in [2.75, 3.05) is 12.3 Å². The maximum atomic E-state index is 12.3. The van der Waals surface area contributed by atoms with Crippen LogP contribution in [0, 0.1) is 12.3 Å². The molecule has 112 valence electrons. The van der Waals surface area contributed by atoms with Gasteiger partial charge in [-0.05, 0) is 49.3 Å². The smallest absolute Gasteiger partial charge is 0.240 e. The van der Waals surface area contributed by atoms with Crippen molar-refractivity contribution >= 4 is 27.3 Å². The van der Waals surface area contributed by atoms with Crippen LogP contribution in [0.4, 0.5) is 5.69 Å². The zero-order chi connectivity index (χ0) is 15.0. The van der Waals surface area contributed by atoms with Crippen molar-refractivity contribution in [1.29, 1.82) is 0 Å². The first-order chi connectivity index (χ1) is 9.30. The molecule has 0 radical (unpaired) electrons. The molecule has 1 aromatic rings. The second-order valence-corrected chi connectivity index (χ2v) is 7.83. The van der Waals surface area contributed by atoms with Gasteiger partial charge in [0.15, 0.2) is 0 Å². The largest absolute Gasteiger partial charge is 0.398 e. The van der Waals surface area contributed by atoms with Crippen LogP contribution < -0.4 is 10.5 Å². The van der Waals surface area contributed by atoms with Crippen LogP contribution in [0.15, 0.2) is 17.0 Å². The molecule has 0 saturated heterocycles. The third kappa shape index (κ3) is 2.95. The number of nitrogen functional groups attached to an aromatic ring is 1. The van der Waals surface area contributed by atoms with Crippen LogP contribution in [-0.4, -0.2) is 15.0 Å². The fraction of sp³-hybridized carbons (Fsp3) is 0.571. The van der Waals surface area contributed by atoms with Crippen molar-refractivity contribution in [3.8, 4) is 0 Å². The van der Waals surface area contributed by atoms with Gasteiger partial charge in [0.25, 0.3) is 0 Å². The van der Waals surface area contributed by atoms with Crippen LogP contribution in [0.25, 0.3) is 0 Å². The van der Waals surface area contributed by atoms with E-state index in [1.165, 1.54) is 18.6 Å². The molecule has 0 heterocycles. The summed E-state index contributed by atoms with van der Waals surface area (Å²) in [5, 5.41) is 0.374. The average molecular weight is 317 g/mol. The molecule has 20 heavy (non-hydrogen) atoms. The van der Waals surface area contributed by atoms with Gasteiger partial charge in [0.05, 0.1) is 4.90 Å². The van der Waals surface area contributed by atoms with Crippen LogP contribution in [-0.2, 0) is 10.0 Å². The summed E-state index contributed by atoms with van der Waals surface area (Å²) in [5.74, 6) is 0. The Kier molecular flexibility index (Phi) is 4.33. The molecule has 1 saturated carbocycles. The molecule has 1 aliphatic rings. The van der Waals surface area contributed by atoms with Crippen molar-refractivity contribution in [1.82, 2.24) is 4.72 Å². The highest BCUT2D eigenvalue weighted by Crippen LogP contribution is 2.43. The van der Waals surface area contributed by atoms with Crippen molar-refractivity contribution in [2.45, 2.75) is 44.4 Å². The van der Waals surface area contributed by atoms with Gasteiger partial charge in [-0.3, -0.25) is 0 Å². The third-order valence-electron chi connectivity index (χ3n) is 4.47. The first-order valence-corrected chi connectivity index (χ1v) is 8.71. The summed E-state index contributed by atoms with van der Waals surface area (Å²) >= 11 is 6.01. The van der Waals surface area contributed by atoms with Gasteiger partial charge in [-0.2, -0.15) is 0 Å². The van der Waals surface area contributed by atoms with Gasteiger partial charge in [-0.25, -0.2) is 13.1 Å². The molecular weight excluding hydrogens is 296 g/mol. The van der Waals surface area contributed by atoms with Gasteiger partial charge in [-0.1, -0.05) is 24.9 Å². The first-order valence-electron chi connectivity index (χ1n) is 6.85. The topological polar surface area (TPSA) is 72.2 Å². The van der Waals surface area contributed by atoms with Crippen LogP contribution in [0.5, 0.6) is 0 Å². The molecule has 0 atom stereocenters. The Bertz CT molecular complexity index is 581. The molecule has 2 rings (SSSR count). The van der Waals surface area contributed by atoms with E-state index in [-0.39, 0.29) is 10.3 Å². The number of anilines is 1. The minimum Gasteiger partial charge on any atom is -0.398 e. The summed E-state index contributed by atoms with van der Waals surface area (Å²) < 4.78 is 27.4. The normalized spacial score (nSPS) is 17.8. The van der Waals surface area contributed by atoms with Crippen molar-refractivity contribution < 1.29 is 8.42 Å². The van der Waals surface area contributed by atoms with Gasteiger partial charge in [-0.15, -0.1) is 0 Å². The highest BCUT2D eigenvalue weighted by atomic mass is 35.5. The van der Waals surface area contributed by atoms with Gasteiger partial charge in [0, 0.05) is 17.3 Å². The van der Waals surface area contributed by atoms with Gasteiger partial charge < -0.3 is 5.73 Å². The van der Waals surface area contributed by atoms with Gasteiger partial charge >= 0.3 is 0 Å². The second kappa shape index (κ2) is 5.54. The number of nitrogens with two attached hydrogens (primary N) is 1. The summed E-state index contributed by atoms with van der Waals surface area (Å²) in [4.78, 5) is 0.135. The van der Waals surface area contributed by atoms with E-state index in [2.05, 4.69) is 11.6 Å². The maximum Gasteiger partial charge on any atom is 0.240 e. The van der Waals surface area contributed by atoms with E-state index in [1.807, 2.05) is 0 Å². The lowest BCUT2D eigenvalue weighted by molar-refractivity contribution is 0.133. The zero-order valence-electron chi connectivity index (χ0n) is 11.9. The van der Waals surface area contributed by atoms with E-state index in [1.54, 1.807) is 6.92 Å². The Hall–Kier alpha value is -0.780. The SMILES string of the molecule is CCC1(CNS(=O)(=O)c2cc(N)c(C)c(Cl)c2)CCC1. The fourth-order valence-electron chi connectivity index (χ4n) is 2.49. The van der Waals surface area contributed by atoms with Crippen LogP contribution in [0.2, 0.25) is 5.02 Å². The quantitative estimate of drug-likeness (QED) is 0.820. The molecule has 0 amide bonds. The van der Waals surface area contributed by atoms with Crippen LogP contribution in [0.3, 0.4) is 0 Å². The van der Waals surface area contributed by atoms with Crippen LogP contribution >= 0.6 is 11.6 Å². The lowest BCUT2D eigenvalue weighted by atomic mass is 9.67. The minimum atomic E-state index is -3.56. The van der Waals surface area contributed by atoms with E-state index in [0.29, 0.717) is 22.8 Å². The Morgan fingerprint density at radius 3 is 2.50 bits per heavy atom. The minimum absolute atomic E-state index is 0.132. The molecule has 0 unspecified atom stereocenters. The van der Waals surface area contributed by atoms with E-state index in [0.717, 1.165) is 19.3 Å². The summed E-state index contributed by atoms with van der Waals surface area (Å²) in [6.45, 7) is 4.35. The Labute approximate surface area is 125 Å². The Morgan fingerprint density at radius 1 is 1.40 bits per heavy atom. The van der Waals surface area contributed by atoms with E-state index < -0.39 is 10.0 Å². The lowest BCUT2D eigenvalue weighted by Crippen LogP contribution is -2.41. The van der Waals surface area contributed by atoms with Crippen molar-refractivity contribution in [3.63, 3.8) is 0 Å². The second-order valence-electron chi connectivity index (χ2n) is 5.65. The number of sulfonamides is 1. The maximum absolute atomic E-state index is 12.3. The molecule has 1 aromatic carbocycles. The molecule has 4 nitrogen and oxygen atoms in total. The molecular formula is C14H21ClN2O2S. The fourth-order valence-corrected chi connectivity index (χ4v) is 4.00. The van der Waals surface area contributed by atoms with E-state index >= 15 is 0 Å². The van der Waals surface area contributed by atoms with E-state index in [4.69, 9.17) is 17.3 Å². The number of hydrogen-bond acceptors (Lipinski definition) is 3. The summed E-state index contributed by atoms with van der Waals surface area (Å²) in [6.07, 6.45) is 4.34. The third-order valence-corrected chi connectivity index (χ3v) is 6.24.